The first-order valence-corrected chi connectivity index (χ1v) is 6.37. The third-order valence-electron chi connectivity index (χ3n) is 2.30. The number of hydrogen-bond acceptors (Lipinski definition) is 4. The molecule has 2 aromatic rings. The van der Waals surface area contributed by atoms with Gasteiger partial charge in [-0.25, -0.2) is 9.97 Å². The fraction of sp³-hybridized carbons (Fsp3) is 0.231. The average Bonchev–Trinajstić information content (AvgIpc) is 2.28. The maximum absolute atomic E-state index is 5.75. The molecule has 2 rings (SSSR count). The third kappa shape index (κ3) is 3.20. The highest BCUT2D eigenvalue weighted by Gasteiger charge is 2.03. The Hall–Kier alpha value is -1.55. The molecule has 17 heavy (non-hydrogen) atoms. The van der Waals surface area contributed by atoms with Crippen molar-refractivity contribution in [2.75, 3.05) is 5.73 Å². The van der Waals surface area contributed by atoms with Crippen LogP contribution in [0, 0.1) is 6.92 Å². The zero-order valence-electron chi connectivity index (χ0n) is 9.97. The number of benzene rings is 1. The molecular weight excluding hydrogens is 230 g/mol. The molecule has 0 bridgehead atoms. The van der Waals surface area contributed by atoms with Crippen LogP contribution < -0.4 is 5.73 Å². The van der Waals surface area contributed by atoms with Gasteiger partial charge >= 0.3 is 0 Å². The molecule has 0 aliphatic heterocycles. The van der Waals surface area contributed by atoms with Gasteiger partial charge in [0.1, 0.15) is 16.7 Å². The number of nitrogen functional groups attached to an aromatic ring is 1. The first-order chi connectivity index (χ1) is 8.17. The maximum Gasteiger partial charge on any atom is 0.131 e. The lowest BCUT2D eigenvalue weighted by molar-refractivity contribution is 0.894. The van der Waals surface area contributed by atoms with Crippen LogP contribution in [0.1, 0.15) is 18.3 Å². The van der Waals surface area contributed by atoms with Gasteiger partial charge in [-0.15, -0.1) is 0 Å². The van der Waals surface area contributed by atoms with Gasteiger partial charge in [0.05, 0.1) is 0 Å². The van der Waals surface area contributed by atoms with Gasteiger partial charge in [0.15, 0.2) is 0 Å². The first kappa shape index (κ1) is 11.9. The van der Waals surface area contributed by atoms with Crippen LogP contribution in [0.5, 0.6) is 0 Å². The van der Waals surface area contributed by atoms with Crippen molar-refractivity contribution < 1.29 is 0 Å². The summed E-state index contributed by atoms with van der Waals surface area (Å²) in [5, 5.41) is 0.903. The van der Waals surface area contributed by atoms with E-state index >= 15 is 0 Å². The summed E-state index contributed by atoms with van der Waals surface area (Å²) in [6.07, 6.45) is 0.798. The summed E-state index contributed by atoms with van der Waals surface area (Å²) in [7, 11) is 0. The molecule has 2 N–H and O–H groups in total. The second kappa shape index (κ2) is 5.19. The Labute approximate surface area is 105 Å². The van der Waals surface area contributed by atoms with E-state index in [9.17, 15) is 0 Å². The highest BCUT2D eigenvalue weighted by Crippen LogP contribution is 2.27. The van der Waals surface area contributed by atoms with Crippen LogP contribution in [-0.2, 0) is 6.42 Å². The third-order valence-corrected chi connectivity index (χ3v) is 3.20. The van der Waals surface area contributed by atoms with Gasteiger partial charge in [-0.3, -0.25) is 0 Å². The predicted octanol–water partition coefficient (Wildman–Crippen LogP) is 3.08. The van der Waals surface area contributed by atoms with Gasteiger partial charge in [-0.05, 0) is 19.1 Å². The molecule has 0 radical (unpaired) electrons. The van der Waals surface area contributed by atoms with Crippen molar-refractivity contribution in [3.8, 4) is 0 Å². The molecule has 1 heterocycles. The Bertz CT molecular complexity index is 526. The summed E-state index contributed by atoms with van der Waals surface area (Å²) in [6.45, 7) is 4.10. The molecule has 0 fully saturated rings. The SMILES string of the molecule is CCc1nc(N)cc(Sc2cccc(C)c2)n1. The summed E-state index contributed by atoms with van der Waals surface area (Å²) in [5.74, 6) is 1.33. The number of aryl methyl sites for hydroxylation is 2. The number of nitrogens with two attached hydrogens (primary N) is 1. The van der Waals surface area contributed by atoms with Gasteiger partial charge < -0.3 is 5.73 Å². The minimum atomic E-state index is 0.534. The van der Waals surface area contributed by atoms with E-state index in [1.807, 2.05) is 19.1 Å². The molecular formula is C13H15N3S. The van der Waals surface area contributed by atoms with E-state index in [1.165, 1.54) is 10.5 Å². The van der Waals surface area contributed by atoms with E-state index in [0.29, 0.717) is 5.82 Å². The van der Waals surface area contributed by atoms with Gasteiger partial charge in [0, 0.05) is 17.4 Å². The van der Waals surface area contributed by atoms with Crippen LogP contribution in [0.2, 0.25) is 0 Å². The zero-order valence-corrected chi connectivity index (χ0v) is 10.8. The van der Waals surface area contributed by atoms with Gasteiger partial charge in [0.25, 0.3) is 0 Å². The molecule has 0 unspecified atom stereocenters. The molecule has 0 aliphatic carbocycles. The molecule has 0 amide bonds. The molecule has 0 aliphatic rings. The Morgan fingerprint density at radius 2 is 2.06 bits per heavy atom. The van der Waals surface area contributed by atoms with Crippen LogP contribution in [0.15, 0.2) is 40.3 Å². The monoisotopic (exact) mass is 245 g/mol. The largest absolute Gasteiger partial charge is 0.384 e. The van der Waals surface area contributed by atoms with E-state index in [1.54, 1.807) is 11.8 Å². The Kier molecular flexibility index (Phi) is 3.64. The van der Waals surface area contributed by atoms with Gasteiger partial charge in [-0.2, -0.15) is 0 Å². The van der Waals surface area contributed by atoms with Crippen LogP contribution in [0.3, 0.4) is 0 Å². The van der Waals surface area contributed by atoms with Crippen molar-refractivity contribution in [3.63, 3.8) is 0 Å². The predicted molar refractivity (Wildman–Crippen MR) is 71.1 cm³/mol. The summed E-state index contributed by atoms with van der Waals surface area (Å²) >= 11 is 1.61. The zero-order chi connectivity index (χ0) is 12.3. The fourth-order valence-corrected chi connectivity index (χ4v) is 2.47. The van der Waals surface area contributed by atoms with Crippen LogP contribution in [0.4, 0.5) is 5.82 Å². The molecule has 0 atom stereocenters. The fourth-order valence-electron chi connectivity index (χ4n) is 1.50. The van der Waals surface area contributed by atoms with E-state index in [0.717, 1.165) is 17.3 Å². The first-order valence-electron chi connectivity index (χ1n) is 5.55. The number of anilines is 1. The summed E-state index contributed by atoms with van der Waals surface area (Å²) in [6, 6.07) is 10.1. The number of nitrogens with zero attached hydrogens (tertiary/aromatic N) is 2. The Balaban J connectivity index is 2.26. The second-order valence-corrected chi connectivity index (χ2v) is 4.91. The topological polar surface area (TPSA) is 51.8 Å². The number of rotatable bonds is 3. The van der Waals surface area contributed by atoms with Crippen molar-refractivity contribution in [2.45, 2.75) is 30.2 Å². The average molecular weight is 245 g/mol. The highest BCUT2D eigenvalue weighted by molar-refractivity contribution is 7.99. The van der Waals surface area contributed by atoms with Crippen LogP contribution in [0.25, 0.3) is 0 Å². The molecule has 1 aromatic heterocycles. The van der Waals surface area contributed by atoms with Crippen LogP contribution in [-0.4, -0.2) is 9.97 Å². The van der Waals surface area contributed by atoms with Crippen LogP contribution >= 0.6 is 11.8 Å². The molecule has 0 saturated carbocycles. The maximum atomic E-state index is 5.75. The van der Waals surface area contributed by atoms with Crippen molar-refractivity contribution in [2.24, 2.45) is 0 Å². The minimum Gasteiger partial charge on any atom is -0.384 e. The van der Waals surface area contributed by atoms with E-state index in [4.69, 9.17) is 5.73 Å². The lowest BCUT2D eigenvalue weighted by Crippen LogP contribution is -1.99. The van der Waals surface area contributed by atoms with Crippen molar-refractivity contribution in [1.29, 1.82) is 0 Å². The standard InChI is InChI=1S/C13H15N3S/c1-3-12-15-11(14)8-13(16-12)17-10-6-4-5-9(2)7-10/h4-8H,3H2,1-2H3,(H2,14,15,16). The lowest BCUT2D eigenvalue weighted by atomic mass is 10.2. The summed E-state index contributed by atoms with van der Waals surface area (Å²) in [4.78, 5) is 9.79. The molecule has 1 aromatic carbocycles. The number of aromatic nitrogens is 2. The van der Waals surface area contributed by atoms with Crippen molar-refractivity contribution in [1.82, 2.24) is 9.97 Å². The molecule has 0 saturated heterocycles. The Morgan fingerprint density at radius 1 is 1.24 bits per heavy atom. The van der Waals surface area contributed by atoms with Crippen molar-refractivity contribution in [3.05, 3.63) is 41.7 Å². The molecule has 4 heteroatoms. The number of hydrogen-bond donors (Lipinski definition) is 1. The van der Waals surface area contributed by atoms with E-state index in [2.05, 4.69) is 35.1 Å². The molecule has 0 spiro atoms. The van der Waals surface area contributed by atoms with E-state index in [-0.39, 0.29) is 0 Å². The van der Waals surface area contributed by atoms with Crippen molar-refractivity contribution >= 4 is 17.6 Å². The highest BCUT2D eigenvalue weighted by atomic mass is 32.2. The second-order valence-electron chi connectivity index (χ2n) is 3.82. The quantitative estimate of drug-likeness (QED) is 0.844. The Morgan fingerprint density at radius 3 is 2.76 bits per heavy atom. The minimum absolute atomic E-state index is 0.534. The van der Waals surface area contributed by atoms with Gasteiger partial charge in [-0.1, -0.05) is 36.4 Å². The molecule has 3 nitrogen and oxygen atoms in total. The van der Waals surface area contributed by atoms with Gasteiger partial charge in [0.2, 0.25) is 0 Å². The summed E-state index contributed by atoms with van der Waals surface area (Å²) < 4.78 is 0. The summed E-state index contributed by atoms with van der Waals surface area (Å²) in [5.41, 5.74) is 7.00. The lowest BCUT2D eigenvalue weighted by Gasteiger charge is -2.04. The normalized spacial score (nSPS) is 10.5. The van der Waals surface area contributed by atoms with E-state index < -0.39 is 0 Å². The molecule has 88 valence electrons. The smallest absolute Gasteiger partial charge is 0.131 e.